The maximum absolute atomic E-state index is 12.0. The van der Waals surface area contributed by atoms with Crippen molar-refractivity contribution in [3.8, 4) is 0 Å². The Morgan fingerprint density at radius 1 is 0.442 bits per heavy atom. The molecule has 19 nitrogen and oxygen atoms in total. The van der Waals surface area contributed by atoms with Crippen LogP contribution < -0.4 is 5.32 Å². The quantitative estimate of drug-likeness (QED) is 0.0369. The van der Waals surface area contributed by atoms with Crippen molar-refractivity contribution in [3.05, 3.63) is 194 Å². The number of nitrogens with zero attached hydrogens (tertiary/aromatic N) is 3. The Morgan fingerprint density at radius 3 is 1.19 bits per heavy atom. The van der Waals surface area contributed by atoms with Gasteiger partial charge in [-0.1, -0.05) is 160 Å². The molecule has 0 atom stereocenters. The lowest BCUT2D eigenvalue weighted by molar-refractivity contribution is -0.137. The summed E-state index contributed by atoms with van der Waals surface area (Å²) in [6, 6.07) is 39.4. The number of hydrogen-bond acceptors (Lipinski definition) is 11. The second-order valence-corrected chi connectivity index (χ2v) is 16.0. The fraction of sp³-hybridized carbons (Fsp3) is 0.239. The number of esters is 2. The molecule has 5 aromatic carbocycles. The van der Waals surface area contributed by atoms with Crippen molar-refractivity contribution in [2.75, 3.05) is 20.8 Å². The van der Waals surface area contributed by atoms with Gasteiger partial charge < -0.3 is 48.7 Å². The lowest BCUT2D eigenvalue weighted by Gasteiger charge is -2.00. The zero-order chi connectivity index (χ0) is 65.6. The number of carbonyl (C=O) groups is 9. The van der Waals surface area contributed by atoms with Gasteiger partial charge in [0, 0.05) is 101 Å². The van der Waals surface area contributed by atoms with Crippen molar-refractivity contribution in [2.45, 2.75) is 69.2 Å². The number of carboxylic acids is 2. The largest absolute Gasteiger partial charge is 0.480 e. The minimum absolute atomic E-state index is 0.237. The number of hydrogen-bond donors (Lipinski definition) is 5. The first-order chi connectivity index (χ1) is 41.5. The van der Waals surface area contributed by atoms with Crippen LogP contribution in [0.1, 0.15) is 111 Å². The molecule has 5 N–H and O–H groups in total. The highest BCUT2D eigenvalue weighted by atomic mass is 16.5. The smallest absolute Gasteiger partial charge is 0.379 e. The summed E-state index contributed by atoms with van der Waals surface area (Å²) in [7, 11) is 7.77. The number of Topliss-reactive ketones (excluding diaryl/α,β-unsaturated/α-hetero) is 4. The van der Waals surface area contributed by atoms with Crippen LogP contribution in [0.2, 0.25) is 0 Å². The van der Waals surface area contributed by atoms with Gasteiger partial charge in [-0.3, -0.25) is 28.8 Å². The molecule has 5 aromatic heterocycles. The van der Waals surface area contributed by atoms with Gasteiger partial charge in [0.15, 0.2) is 0 Å². The standard InChI is InChI=1S/C13H12N2O4.C12H11NO3.2C11H9NO3.C8H7N.5C2H6.C2H4/c1-15-7-9(8-4-2-3-5-10(8)15)12(18)13(19)14-6-11(16)17;1-13-7-9(11(14)12(15)16-2)8-5-3-4-6-10(8)13;1-15-11(14)10(13)8-6-12-9-5-3-2-4-7(8)9;1-12-6-8(10(13)11(14)15)7-4-2-3-5-9(7)12;1-2-4-8-7(3-1)5-6-9-8;6*1-2/h2-5,7H,6H2,1H3,(H,14,19)(H,16,17);3-7H,1-2H3;2-6,12H,1H3;2-6H,1H3,(H,14,15);1-6,9H;5*1-2H3;1-2H2. The molecule has 458 valence electrons. The van der Waals surface area contributed by atoms with Crippen LogP contribution in [0.4, 0.5) is 0 Å². The maximum atomic E-state index is 12.0. The summed E-state index contributed by atoms with van der Waals surface area (Å²) in [5, 5.41) is 23.3. The molecule has 1 amide bonds. The van der Waals surface area contributed by atoms with Gasteiger partial charge in [-0.25, -0.2) is 14.4 Å². The highest BCUT2D eigenvalue weighted by molar-refractivity contribution is 6.45. The van der Waals surface area contributed by atoms with Crippen LogP contribution in [0.5, 0.6) is 0 Å². The van der Waals surface area contributed by atoms with E-state index in [-0.39, 0.29) is 11.1 Å². The lowest BCUT2D eigenvalue weighted by atomic mass is 10.1. The van der Waals surface area contributed by atoms with Crippen molar-refractivity contribution in [1.82, 2.24) is 29.0 Å². The van der Waals surface area contributed by atoms with Crippen molar-refractivity contribution in [2.24, 2.45) is 21.1 Å². The van der Waals surface area contributed by atoms with E-state index < -0.39 is 59.5 Å². The molecule has 10 aromatic rings. The number of aryl methyl sites for hydroxylation is 3. The summed E-state index contributed by atoms with van der Waals surface area (Å²) in [4.78, 5) is 107. The summed E-state index contributed by atoms with van der Waals surface area (Å²) in [6.07, 6.45) is 8.22. The van der Waals surface area contributed by atoms with E-state index in [1.165, 1.54) is 31.3 Å². The summed E-state index contributed by atoms with van der Waals surface area (Å²) in [6.45, 7) is 25.4. The monoisotopic (exact) mass is 1180 g/mol. The number of aliphatic carboxylic acids is 2. The molecule has 19 heteroatoms. The second kappa shape index (κ2) is 40.7. The number of carboxylic acid groups (broad SMARTS) is 2. The topological polar surface area (TPSA) is 271 Å². The van der Waals surface area contributed by atoms with Gasteiger partial charge in [0.25, 0.3) is 29.0 Å². The van der Waals surface area contributed by atoms with Crippen molar-refractivity contribution in [1.29, 1.82) is 0 Å². The zero-order valence-corrected chi connectivity index (χ0v) is 51.9. The van der Waals surface area contributed by atoms with Gasteiger partial charge in [0.1, 0.15) is 6.54 Å². The molecule has 0 saturated carbocycles. The van der Waals surface area contributed by atoms with E-state index in [1.807, 2.05) is 166 Å². The molecule has 10 rings (SSSR count). The number of benzene rings is 5. The molecule has 0 spiro atoms. The molecule has 0 aliphatic heterocycles. The predicted molar refractivity (Wildman–Crippen MR) is 343 cm³/mol. The number of ether oxygens (including phenoxy) is 2. The highest BCUT2D eigenvalue weighted by Gasteiger charge is 2.23. The number of carbonyl (C=O) groups excluding carboxylic acids is 7. The molecule has 0 fully saturated rings. The average Bonchev–Trinajstić information content (AvgIpc) is 2.44. The Hall–Kier alpha value is -10.4. The molecule has 86 heavy (non-hydrogen) atoms. The number of aromatic nitrogens is 5. The van der Waals surface area contributed by atoms with Gasteiger partial charge in [-0.15, -0.1) is 13.2 Å². The van der Waals surface area contributed by atoms with Crippen LogP contribution in [-0.4, -0.2) is 108 Å². The van der Waals surface area contributed by atoms with Crippen LogP contribution >= 0.6 is 0 Å². The first-order valence-electron chi connectivity index (χ1n) is 27.7. The molecule has 0 aliphatic carbocycles. The number of aromatic amines is 2. The third-order valence-corrected chi connectivity index (χ3v) is 11.3. The van der Waals surface area contributed by atoms with Gasteiger partial charge >= 0.3 is 23.9 Å². The number of methoxy groups -OCH3 is 2. The summed E-state index contributed by atoms with van der Waals surface area (Å²) < 4.78 is 14.1. The summed E-state index contributed by atoms with van der Waals surface area (Å²) in [5.41, 5.74) is 5.85. The van der Waals surface area contributed by atoms with E-state index in [0.29, 0.717) is 21.9 Å². The third kappa shape index (κ3) is 20.8. The molecular weight excluding hydrogens is 1100 g/mol. The van der Waals surface area contributed by atoms with E-state index in [4.69, 9.17) is 10.2 Å². The molecule has 0 radical (unpaired) electrons. The van der Waals surface area contributed by atoms with Crippen molar-refractivity contribution < 1.29 is 62.8 Å². The van der Waals surface area contributed by atoms with Crippen LogP contribution in [0.25, 0.3) is 54.5 Å². The fourth-order valence-electron chi connectivity index (χ4n) is 7.70. The minimum atomic E-state index is -1.42. The summed E-state index contributed by atoms with van der Waals surface area (Å²) in [5.74, 6) is -8.07. The second-order valence-electron chi connectivity index (χ2n) is 16.0. The molecule has 0 unspecified atom stereocenters. The lowest BCUT2D eigenvalue weighted by Crippen LogP contribution is -2.34. The van der Waals surface area contributed by atoms with Crippen molar-refractivity contribution >= 4 is 107 Å². The molecule has 5 heterocycles. The number of rotatable bonds is 10. The number of fused-ring (bicyclic) bond motifs is 5. The molecule has 0 aliphatic rings. The third-order valence-electron chi connectivity index (χ3n) is 11.3. The SMILES string of the molecule is C=C.CC.CC.CC.CC.CC.COC(=O)C(=O)c1c[nH]c2ccccc12.COC(=O)C(=O)c1cn(C)c2ccccc12.Cn1cc(C(=O)C(=O)NCC(=O)O)c2ccccc21.Cn1cc(C(=O)C(=O)O)c2ccccc21.c1ccc2[nH]ccc2c1. The Labute approximate surface area is 502 Å². The van der Waals surface area contributed by atoms with E-state index in [1.54, 1.807) is 72.2 Å². The number of para-hydroxylation sites is 5. The van der Waals surface area contributed by atoms with E-state index >= 15 is 0 Å². The molecule has 0 saturated heterocycles. The van der Waals surface area contributed by atoms with Crippen molar-refractivity contribution in [3.63, 3.8) is 0 Å². The minimum Gasteiger partial charge on any atom is -0.480 e. The highest BCUT2D eigenvalue weighted by Crippen LogP contribution is 2.24. The summed E-state index contributed by atoms with van der Waals surface area (Å²) >= 11 is 0. The number of amides is 1. The van der Waals surface area contributed by atoms with Gasteiger partial charge in [0.2, 0.25) is 0 Å². The van der Waals surface area contributed by atoms with E-state index in [9.17, 15) is 43.2 Å². The Morgan fingerprint density at radius 2 is 0.791 bits per heavy atom. The fourth-order valence-corrected chi connectivity index (χ4v) is 7.70. The first kappa shape index (κ1) is 75.6. The molecular formula is C67H82N6O13. The Bertz CT molecular complexity index is 3750. The van der Waals surface area contributed by atoms with Crippen LogP contribution in [0.3, 0.4) is 0 Å². The maximum Gasteiger partial charge on any atom is 0.379 e. The van der Waals surface area contributed by atoms with Crippen LogP contribution in [-0.2, 0) is 54.6 Å². The van der Waals surface area contributed by atoms with Gasteiger partial charge in [-0.05, 0) is 41.8 Å². The van der Waals surface area contributed by atoms with Gasteiger partial charge in [-0.2, -0.15) is 0 Å². The number of H-pyrrole nitrogens is 2. The number of nitrogens with one attached hydrogen (secondary N) is 3. The number of ketones is 4. The Balaban J connectivity index is 0.00000101. The first-order valence-corrected chi connectivity index (χ1v) is 27.7. The molecule has 0 bridgehead atoms. The van der Waals surface area contributed by atoms with Gasteiger partial charge in [0.05, 0.1) is 36.5 Å². The van der Waals surface area contributed by atoms with E-state index in [0.717, 1.165) is 32.8 Å². The Kier molecular flexibility index (Phi) is 35.8. The predicted octanol–water partition coefficient (Wildman–Crippen LogP) is 13.2. The van der Waals surface area contributed by atoms with Crippen LogP contribution in [0, 0.1) is 0 Å². The average molecular weight is 1180 g/mol. The van der Waals surface area contributed by atoms with Crippen LogP contribution in [0.15, 0.2) is 172 Å². The zero-order valence-electron chi connectivity index (χ0n) is 51.9. The van der Waals surface area contributed by atoms with E-state index in [2.05, 4.69) is 56.1 Å². The normalized spacial score (nSPS) is 9.29.